The van der Waals surface area contributed by atoms with Crippen molar-refractivity contribution in [3.05, 3.63) is 24.2 Å². The monoisotopic (exact) mass is 310 g/mol. The summed E-state index contributed by atoms with van der Waals surface area (Å²) in [5, 5.41) is 15.1. The first kappa shape index (κ1) is 18.2. The summed E-state index contributed by atoms with van der Waals surface area (Å²) in [6.07, 6.45) is 1.44. The van der Waals surface area contributed by atoms with Crippen LogP contribution < -0.4 is 10.6 Å². The minimum absolute atomic E-state index is 0.0823. The number of carbonyl (C=O) groups excluding carboxylic acids is 2. The van der Waals surface area contributed by atoms with Crippen molar-refractivity contribution in [2.45, 2.75) is 46.3 Å². The Kier molecular flexibility index (Phi) is 7.11. The van der Waals surface area contributed by atoms with Crippen LogP contribution in [0.25, 0.3) is 0 Å². The fourth-order valence-corrected chi connectivity index (χ4v) is 2.11. The molecule has 0 aliphatic carbocycles. The fourth-order valence-electron chi connectivity index (χ4n) is 2.11. The van der Waals surface area contributed by atoms with Crippen LogP contribution in [0.2, 0.25) is 0 Å². The van der Waals surface area contributed by atoms with Gasteiger partial charge in [0.25, 0.3) is 5.91 Å². The smallest absolute Gasteiger partial charge is 0.287 e. The van der Waals surface area contributed by atoms with Gasteiger partial charge in [0.15, 0.2) is 5.76 Å². The van der Waals surface area contributed by atoms with Crippen molar-refractivity contribution in [2.75, 3.05) is 6.54 Å². The van der Waals surface area contributed by atoms with Gasteiger partial charge in [-0.05, 0) is 30.4 Å². The highest BCUT2D eigenvalue weighted by atomic mass is 16.3. The van der Waals surface area contributed by atoms with Crippen LogP contribution in [-0.4, -0.2) is 35.6 Å². The van der Waals surface area contributed by atoms with Gasteiger partial charge >= 0.3 is 0 Å². The van der Waals surface area contributed by atoms with E-state index in [1.807, 2.05) is 27.7 Å². The summed E-state index contributed by atoms with van der Waals surface area (Å²) in [7, 11) is 0. The van der Waals surface area contributed by atoms with Gasteiger partial charge in [0.1, 0.15) is 6.04 Å². The molecule has 1 aromatic heterocycles. The molecule has 0 spiro atoms. The second-order valence-corrected chi connectivity index (χ2v) is 6.20. The summed E-state index contributed by atoms with van der Waals surface area (Å²) < 4.78 is 5.01. The molecule has 6 heteroatoms. The zero-order chi connectivity index (χ0) is 16.7. The largest absolute Gasteiger partial charge is 0.459 e. The Morgan fingerprint density at radius 2 is 1.95 bits per heavy atom. The molecular weight excluding hydrogens is 284 g/mol. The van der Waals surface area contributed by atoms with Gasteiger partial charge in [-0.25, -0.2) is 0 Å². The summed E-state index contributed by atoms with van der Waals surface area (Å²) in [5.41, 5.74) is 0. The van der Waals surface area contributed by atoms with Crippen LogP contribution in [0, 0.1) is 11.8 Å². The van der Waals surface area contributed by atoms with Crippen LogP contribution >= 0.6 is 0 Å². The lowest BCUT2D eigenvalue weighted by molar-refractivity contribution is -0.124. The van der Waals surface area contributed by atoms with E-state index in [0.717, 1.165) is 0 Å². The van der Waals surface area contributed by atoms with Gasteiger partial charge in [0, 0.05) is 6.54 Å². The molecule has 2 atom stereocenters. The number of aliphatic hydroxyl groups excluding tert-OH is 1. The Labute approximate surface area is 131 Å². The molecule has 0 aliphatic rings. The quantitative estimate of drug-likeness (QED) is 0.679. The van der Waals surface area contributed by atoms with Gasteiger partial charge in [-0.1, -0.05) is 27.7 Å². The van der Waals surface area contributed by atoms with E-state index in [1.54, 1.807) is 6.07 Å². The van der Waals surface area contributed by atoms with E-state index >= 15 is 0 Å². The molecular formula is C16H26N2O4. The summed E-state index contributed by atoms with van der Waals surface area (Å²) in [6, 6.07) is 2.47. The molecule has 0 fully saturated rings. The zero-order valence-corrected chi connectivity index (χ0v) is 13.6. The maximum absolute atomic E-state index is 12.2. The molecule has 0 aliphatic heterocycles. The molecule has 0 bridgehead atoms. The summed E-state index contributed by atoms with van der Waals surface area (Å²) in [4.78, 5) is 24.2. The summed E-state index contributed by atoms with van der Waals surface area (Å²) in [5.74, 6) is -0.301. The van der Waals surface area contributed by atoms with E-state index in [0.29, 0.717) is 12.3 Å². The highest BCUT2D eigenvalue weighted by molar-refractivity contribution is 5.95. The molecule has 6 nitrogen and oxygen atoms in total. The van der Waals surface area contributed by atoms with Crippen LogP contribution in [0.15, 0.2) is 22.8 Å². The third-order valence-corrected chi connectivity index (χ3v) is 3.24. The molecule has 2 unspecified atom stereocenters. The van der Waals surface area contributed by atoms with E-state index in [2.05, 4.69) is 10.6 Å². The number of rotatable bonds is 8. The predicted octanol–water partition coefficient (Wildman–Crippen LogP) is 1.56. The Morgan fingerprint density at radius 1 is 1.27 bits per heavy atom. The van der Waals surface area contributed by atoms with Gasteiger partial charge in [0.2, 0.25) is 5.91 Å². The Bertz CT molecular complexity index is 469. The fraction of sp³-hybridized carbons (Fsp3) is 0.625. The van der Waals surface area contributed by atoms with Crippen LogP contribution in [0.4, 0.5) is 0 Å². The van der Waals surface area contributed by atoms with Crippen LogP contribution in [0.1, 0.15) is 44.7 Å². The first-order valence-corrected chi connectivity index (χ1v) is 7.61. The van der Waals surface area contributed by atoms with Crippen molar-refractivity contribution in [3.63, 3.8) is 0 Å². The van der Waals surface area contributed by atoms with Crippen LogP contribution in [0.5, 0.6) is 0 Å². The van der Waals surface area contributed by atoms with Crippen molar-refractivity contribution >= 4 is 11.8 Å². The first-order valence-electron chi connectivity index (χ1n) is 7.61. The molecule has 0 radical (unpaired) electrons. The van der Waals surface area contributed by atoms with Gasteiger partial charge in [-0.15, -0.1) is 0 Å². The van der Waals surface area contributed by atoms with Crippen molar-refractivity contribution in [2.24, 2.45) is 11.8 Å². The van der Waals surface area contributed by atoms with E-state index in [-0.39, 0.29) is 24.1 Å². The average molecular weight is 310 g/mol. The second-order valence-electron chi connectivity index (χ2n) is 6.20. The number of furan rings is 1. The van der Waals surface area contributed by atoms with Crippen molar-refractivity contribution in [3.8, 4) is 0 Å². The first-order chi connectivity index (χ1) is 10.3. The van der Waals surface area contributed by atoms with Gasteiger partial charge in [0.05, 0.1) is 12.4 Å². The number of carbonyl (C=O) groups is 2. The normalized spacial score (nSPS) is 14.0. The Balaban J connectivity index is 2.55. The van der Waals surface area contributed by atoms with Gasteiger partial charge in [-0.3, -0.25) is 9.59 Å². The Hall–Kier alpha value is -1.82. The van der Waals surface area contributed by atoms with Crippen molar-refractivity contribution in [1.29, 1.82) is 0 Å². The number of amides is 2. The zero-order valence-electron chi connectivity index (χ0n) is 13.6. The summed E-state index contributed by atoms with van der Waals surface area (Å²) >= 11 is 0. The number of hydrogen-bond donors (Lipinski definition) is 3. The SMILES string of the molecule is CC(C)CC(O)CNC(=O)C(NC(=O)c1ccco1)C(C)C. The molecule has 0 aromatic carbocycles. The lowest BCUT2D eigenvalue weighted by Crippen LogP contribution is -2.51. The van der Waals surface area contributed by atoms with Crippen LogP contribution in [0.3, 0.4) is 0 Å². The topological polar surface area (TPSA) is 91.6 Å². The maximum atomic E-state index is 12.2. The molecule has 1 aromatic rings. The average Bonchev–Trinajstić information content (AvgIpc) is 2.95. The second kappa shape index (κ2) is 8.58. The predicted molar refractivity (Wildman–Crippen MR) is 83.3 cm³/mol. The van der Waals surface area contributed by atoms with Crippen molar-refractivity contribution in [1.82, 2.24) is 10.6 Å². The molecule has 0 saturated heterocycles. The molecule has 1 rings (SSSR count). The highest BCUT2D eigenvalue weighted by Crippen LogP contribution is 2.07. The lowest BCUT2D eigenvalue weighted by Gasteiger charge is -2.22. The maximum Gasteiger partial charge on any atom is 0.287 e. The third kappa shape index (κ3) is 5.89. The van der Waals surface area contributed by atoms with E-state index in [4.69, 9.17) is 4.42 Å². The van der Waals surface area contributed by atoms with Gasteiger partial charge < -0.3 is 20.2 Å². The highest BCUT2D eigenvalue weighted by Gasteiger charge is 2.25. The molecule has 3 N–H and O–H groups in total. The molecule has 0 saturated carbocycles. The summed E-state index contributed by atoms with van der Waals surface area (Å²) in [6.45, 7) is 7.88. The van der Waals surface area contributed by atoms with E-state index in [9.17, 15) is 14.7 Å². The number of hydrogen-bond acceptors (Lipinski definition) is 4. The standard InChI is InChI=1S/C16H26N2O4/c1-10(2)8-12(19)9-17-16(21)14(11(3)4)18-15(20)13-6-5-7-22-13/h5-7,10-12,14,19H,8-9H2,1-4H3,(H,17,21)(H,18,20). The third-order valence-electron chi connectivity index (χ3n) is 3.24. The number of aliphatic hydroxyl groups is 1. The molecule has 22 heavy (non-hydrogen) atoms. The Morgan fingerprint density at radius 3 is 2.45 bits per heavy atom. The minimum Gasteiger partial charge on any atom is -0.459 e. The van der Waals surface area contributed by atoms with E-state index < -0.39 is 18.1 Å². The van der Waals surface area contributed by atoms with Crippen LogP contribution in [-0.2, 0) is 4.79 Å². The number of nitrogens with one attached hydrogen (secondary N) is 2. The molecule has 124 valence electrons. The van der Waals surface area contributed by atoms with E-state index in [1.165, 1.54) is 12.3 Å². The lowest BCUT2D eigenvalue weighted by atomic mass is 10.0. The van der Waals surface area contributed by atoms with Crippen molar-refractivity contribution < 1.29 is 19.1 Å². The molecule has 2 amide bonds. The molecule has 1 heterocycles. The van der Waals surface area contributed by atoms with Gasteiger partial charge in [-0.2, -0.15) is 0 Å². The minimum atomic E-state index is -0.677.